The lowest BCUT2D eigenvalue weighted by Gasteiger charge is -2.33. The molecule has 2 amide bonds. The van der Waals surface area contributed by atoms with E-state index in [9.17, 15) is 9.59 Å². The van der Waals surface area contributed by atoms with Crippen LogP contribution in [-0.4, -0.2) is 49.4 Å². The first-order chi connectivity index (χ1) is 13.6. The van der Waals surface area contributed by atoms with Crippen molar-refractivity contribution in [2.75, 3.05) is 38.0 Å². The average Bonchev–Trinajstić information content (AvgIpc) is 3.32. The number of rotatable bonds is 6. The molecule has 4 rings (SSSR count). The Hall–Kier alpha value is -1.88. The van der Waals surface area contributed by atoms with Crippen LogP contribution in [0.1, 0.15) is 44.6 Å². The zero-order chi connectivity index (χ0) is 19.5. The van der Waals surface area contributed by atoms with Gasteiger partial charge in [-0.05, 0) is 55.1 Å². The fraction of sp³-hybridized carbons (Fsp3) is 0.652. The zero-order valence-corrected chi connectivity index (χ0v) is 17.1. The van der Waals surface area contributed by atoms with Crippen molar-refractivity contribution >= 4 is 17.5 Å². The number of piperazine rings is 1. The van der Waals surface area contributed by atoms with Gasteiger partial charge >= 0.3 is 0 Å². The molecule has 152 valence electrons. The van der Waals surface area contributed by atoms with Crippen LogP contribution in [0.3, 0.4) is 0 Å². The number of amides is 2. The SMILES string of the molecule is CCc1ccccc1NC(=O)C[NH+]1CCN(C(=O)C[C@@H]2C[C@H]3CC[C@@H]2C3)CC1. The second-order valence-corrected chi connectivity index (χ2v) is 9.01. The molecular formula is C23H34N3O2+. The van der Waals surface area contributed by atoms with Crippen LogP contribution in [0.4, 0.5) is 5.69 Å². The number of carbonyl (C=O) groups excluding carboxylic acids is 2. The molecule has 2 aliphatic carbocycles. The minimum atomic E-state index is 0.0673. The molecular weight excluding hydrogens is 350 g/mol. The van der Waals surface area contributed by atoms with Gasteiger partial charge in [0.05, 0.1) is 26.2 Å². The van der Waals surface area contributed by atoms with E-state index >= 15 is 0 Å². The number of quaternary nitrogens is 1. The number of nitrogens with one attached hydrogen (secondary N) is 2. The maximum absolute atomic E-state index is 12.7. The Morgan fingerprint density at radius 3 is 2.61 bits per heavy atom. The number of hydrogen-bond donors (Lipinski definition) is 2. The fourth-order valence-electron chi connectivity index (χ4n) is 5.60. The summed E-state index contributed by atoms with van der Waals surface area (Å²) in [5, 5.41) is 3.07. The van der Waals surface area contributed by atoms with Crippen molar-refractivity contribution in [1.82, 2.24) is 4.90 Å². The van der Waals surface area contributed by atoms with E-state index in [1.165, 1.54) is 36.1 Å². The summed E-state index contributed by atoms with van der Waals surface area (Å²) in [4.78, 5) is 28.5. The highest BCUT2D eigenvalue weighted by Gasteiger charge is 2.41. The Labute approximate surface area is 168 Å². The molecule has 0 spiro atoms. The van der Waals surface area contributed by atoms with E-state index in [4.69, 9.17) is 0 Å². The summed E-state index contributed by atoms with van der Waals surface area (Å²) < 4.78 is 0. The second-order valence-electron chi connectivity index (χ2n) is 9.01. The van der Waals surface area contributed by atoms with Crippen molar-refractivity contribution in [2.24, 2.45) is 17.8 Å². The Morgan fingerprint density at radius 1 is 1.14 bits per heavy atom. The quantitative estimate of drug-likeness (QED) is 0.785. The predicted octanol–water partition coefficient (Wildman–Crippen LogP) is 1.74. The summed E-state index contributed by atoms with van der Waals surface area (Å²) in [6.07, 6.45) is 7.05. The van der Waals surface area contributed by atoms with Gasteiger partial charge in [-0.25, -0.2) is 0 Å². The molecule has 1 aromatic carbocycles. The lowest BCUT2D eigenvalue weighted by atomic mass is 9.86. The van der Waals surface area contributed by atoms with E-state index in [-0.39, 0.29) is 5.91 Å². The summed E-state index contributed by atoms with van der Waals surface area (Å²) in [5.41, 5.74) is 2.09. The van der Waals surface area contributed by atoms with E-state index in [1.807, 2.05) is 23.1 Å². The van der Waals surface area contributed by atoms with E-state index < -0.39 is 0 Å². The molecule has 3 aliphatic rings. The number of anilines is 1. The van der Waals surface area contributed by atoms with Gasteiger partial charge in [0.1, 0.15) is 0 Å². The first-order valence-corrected chi connectivity index (χ1v) is 11.1. The normalized spacial score (nSPS) is 27.2. The topological polar surface area (TPSA) is 53.9 Å². The molecule has 3 fully saturated rings. The molecule has 2 saturated carbocycles. The highest BCUT2D eigenvalue weighted by molar-refractivity contribution is 5.92. The van der Waals surface area contributed by atoms with E-state index in [0.717, 1.165) is 56.5 Å². The van der Waals surface area contributed by atoms with Gasteiger partial charge in [-0.3, -0.25) is 9.59 Å². The Bertz CT molecular complexity index is 712. The van der Waals surface area contributed by atoms with Gasteiger partial charge in [-0.2, -0.15) is 0 Å². The van der Waals surface area contributed by atoms with E-state index in [0.29, 0.717) is 18.4 Å². The maximum Gasteiger partial charge on any atom is 0.279 e. The molecule has 1 saturated heterocycles. The Balaban J connectivity index is 1.20. The molecule has 5 nitrogen and oxygen atoms in total. The van der Waals surface area contributed by atoms with Crippen LogP contribution in [0.5, 0.6) is 0 Å². The maximum atomic E-state index is 12.7. The third kappa shape index (κ3) is 4.40. The molecule has 1 heterocycles. The third-order valence-electron chi connectivity index (χ3n) is 7.23. The molecule has 5 heteroatoms. The molecule has 28 heavy (non-hydrogen) atoms. The van der Waals surface area contributed by atoms with Gasteiger partial charge in [-0.1, -0.05) is 31.5 Å². The minimum absolute atomic E-state index is 0.0673. The minimum Gasteiger partial charge on any atom is -0.331 e. The van der Waals surface area contributed by atoms with Crippen LogP contribution in [-0.2, 0) is 16.0 Å². The van der Waals surface area contributed by atoms with Gasteiger partial charge in [0.25, 0.3) is 5.91 Å². The number of carbonyl (C=O) groups is 2. The number of para-hydroxylation sites is 1. The molecule has 3 atom stereocenters. The highest BCUT2D eigenvalue weighted by Crippen LogP contribution is 2.49. The number of benzene rings is 1. The number of hydrogen-bond acceptors (Lipinski definition) is 2. The van der Waals surface area contributed by atoms with Crippen molar-refractivity contribution in [3.8, 4) is 0 Å². The standard InChI is InChI=1S/C23H33N3O2/c1-2-18-5-3-4-6-21(18)24-22(27)16-25-9-11-26(12-10-25)23(28)15-20-14-17-7-8-19(20)13-17/h3-6,17,19-20H,2,7-16H2,1H3,(H,24,27)/p+1/t17-,19+,20-/m0/s1. The summed E-state index contributed by atoms with van der Waals surface area (Å²) >= 11 is 0. The van der Waals surface area contributed by atoms with E-state index in [2.05, 4.69) is 18.3 Å². The van der Waals surface area contributed by atoms with Crippen molar-refractivity contribution < 1.29 is 14.5 Å². The molecule has 1 aromatic rings. The van der Waals surface area contributed by atoms with Gasteiger partial charge in [0, 0.05) is 12.1 Å². The van der Waals surface area contributed by atoms with Crippen LogP contribution in [0, 0.1) is 17.8 Å². The zero-order valence-electron chi connectivity index (χ0n) is 17.1. The highest BCUT2D eigenvalue weighted by atomic mass is 16.2. The first kappa shape index (κ1) is 19.4. The van der Waals surface area contributed by atoms with Crippen molar-refractivity contribution in [2.45, 2.75) is 45.4 Å². The van der Waals surface area contributed by atoms with Crippen LogP contribution in [0.25, 0.3) is 0 Å². The van der Waals surface area contributed by atoms with Crippen molar-refractivity contribution in [3.63, 3.8) is 0 Å². The monoisotopic (exact) mass is 384 g/mol. The molecule has 0 unspecified atom stereocenters. The fourth-order valence-corrected chi connectivity index (χ4v) is 5.60. The van der Waals surface area contributed by atoms with Gasteiger partial charge in [0.15, 0.2) is 6.54 Å². The summed E-state index contributed by atoms with van der Waals surface area (Å²) in [5.74, 6) is 2.77. The van der Waals surface area contributed by atoms with Gasteiger partial charge in [0.2, 0.25) is 5.91 Å². The summed E-state index contributed by atoms with van der Waals surface area (Å²) in [6, 6.07) is 8.00. The summed E-state index contributed by atoms with van der Waals surface area (Å²) in [7, 11) is 0. The Morgan fingerprint density at radius 2 is 1.93 bits per heavy atom. The average molecular weight is 385 g/mol. The van der Waals surface area contributed by atoms with Crippen molar-refractivity contribution in [1.29, 1.82) is 0 Å². The van der Waals surface area contributed by atoms with Crippen molar-refractivity contribution in [3.05, 3.63) is 29.8 Å². The smallest absolute Gasteiger partial charge is 0.279 e. The Kier molecular flexibility index (Phi) is 6.00. The van der Waals surface area contributed by atoms with Crippen LogP contribution in [0.15, 0.2) is 24.3 Å². The molecule has 2 bridgehead atoms. The van der Waals surface area contributed by atoms with Gasteiger partial charge in [-0.15, -0.1) is 0 Å². The van der Waals surface area contributed by atoms with Gasteiger partial charge < -0.3 is 15.1 Å². The van der Waals surface area contributed by atoms with E-state index in [1.54, 1.807) is 0 Å². The molecule has 0 aromatic heterocycles. The number of fused-ring (bicyclic) bond motifs is 2. The summed E-state index contributed by atoms with van der Waals surface area (Å²) in [6.45, 7) is 5.88. The number of aryl methyl sites for hydroxylation is 1. The van der Waals surface area contributed by atoms with Crippen LogP contribution < -0.4 is 10.2 Å². The number of nitrogens with zero attached hydrogens (tertiary/aromatic N) is 1. The lowest BCUT2D eigenvalue weighted by Crippen LogP contribution is -3.15. The van der Waals surface area contributed by atoms with Crippen LogP contribution >= 0.6 is 0 Å². The second kappa shape index (κ2) is 8.64. The van der Waals surface area contributed by atoms with Crippen LogP contribution in [0.2, 0.25) is 0 Å². The lowest BCUT2D eigenvalue weighted by molar-refractivity contribution is -0.895. The third-order valence-corrected chi connectivity index (χ3v) is 7.23. The first-order valence-electron chi connectivity index (χ1n) is 11.1. The molecule has 1 aliphatic heterocycles. The predicted molar refractivity (Wildman–Crippen MR) is 110 cm³/mol. The largest absolute Gasteiger partial charge is 0.331 e. The molecule has 0 radical (unpaired) electrons. The molecule has 2 N–H and O–H groups in total.